The summed E-state index contributed by atoms with van der Waals surface area (Å²) >= 11 is 0. The highest BCUT2D eigenvalue weighted by Gasteiger charge is 2.09. The molecule has 1 aromatic carbocycles. The summed E-state index contributed by atoms with van der Waals surface area (Å²) in [5, 5.41) is 17.9. The summed E-state index contributed by atoms with van der Waals surface area (Å²) < 4.78 is 1.81. The predicted octanol–water partition coefficient (Wildman–Crippen LogP) is 2.43. The lowest BCUT2D eigenvalue weighted by atomic mass is 10.1. The third-order valence-corrected chi connectivity index (χ3v) is 3.98. The first-order chi connectivity index (χ1) is 12.6. The van der Waals surface area contributed by atoms with Crippen LogP contribution in [-0.4, -0.2) is 39.1 Å². The second kappa shape index (κ2) is 7.92. The van der Waals surface area contributed by atoms with E-state index in [0.717, 1.165) is 35.0 Å². The molecule has 0 unspecified atom stereocenters. The average Bonchev–Trinajstić information content (AvgIpc) is 3.10. The lowest BCUT2D eigenvalue weighted by Crippen LogP contribution is -2.05. The van der Waals surface area contributed by atoms with E-state index < -0.39 is 0 Å². The van der Waals surface area contributed by atoms with E-state index in [9.17, 15) is 0 Å². The SMILES string of the molecule is CCc1ccc(Nc2nc(C)cc(NC)n2)cc1-n1cc(CNC)nn1. The zero-order valence-corrected chi connectivity index (χ0v) is 15.5. The molecular weight excluding hydrogens is 328 g/mol. The Morgan fingerprint density at radius 2 is 1.96 bits per heavy atom. The Bertz CT molecular complexity index is 887. The van der Waals surface area contributed by atoms with Crippen LogP contribution < -0.4 is 16.0 Å². The minimum absolute atomic E-state index is 0.555. The minimum atomic E-state index is 0.555. The fourth-order valence-corrected chi connectivity index (χ4v) is 2.71. The van der Waals surface area contributed by atoms with Crippen molar-refractivity contribution in [2.75, 3.05) is 24.7 Å². The molecule has 3 N–H and O–H groups in total. The molecule has 0 amide bonds. The number of hydrogen-bond donors (Lipinski definition) is 3. The van der Waals surface area contributed by atoms with Gasteiger partial charge in [0.2, 0.25) is 5.95 Å². The molecule has 0 atom stereocenters. The maximum atomic E-state index is 4.45. The zero-order chi connectivity index (χ0) is 18.5. The van der Waals surface area contributed by atoms with Gasteiger partial charge in [0.05, 0.1) is 17.6 Å². The Morgan fingerprint density at radius 1 is 1.12 bits per heavy atom. The number of aryl methyl sites for hydroxylation is 2. The third kappa shape index (κ3) is 3.97. The first-order valence-corrected chi connectivity index (χ1v) is 8.62. The molecule has 2 heterocycles. The van der Waals surface area contributed by atoms with Gasteiger partial charge in [0, 0.05) is 31.0 Å². The van der Waals surface area contributed by atoms with Crippen LogP contribution >= 0.6 is 0 Å². The molecule has 0 spiro atoms. The minimum Gasteiger partial charge on any atom is -0.373 e. The molecule has 0 saturated carbocycles. The van der Waals surface area contributed by atoms with Crippen LogP contribution in [0.3, 0.4) is 0 Å². The molecule has 0 aliphatic heterocycles. The summed E-state index contributed by atoms with van der Waals surface area (Å²) in [6, 6.07) is 8.06. The second-order valence-corrected chi connectivity index (χ2v) is 5.97. The topological polar surface area (TPSA) is 92.6 Å². The van der Waals surface area contributed by atoms with Crippen LogP contribution in [0.15, 0.2) is 30.5 Å². The van der Waals surface area contributed by atoms with Crippen LogP contribution in [0.25, 0.3) is 5.69 Å². The first-order valence-electron chi connectivity index (χ1n) is 8.62. The standard InChI is InChI=1S/C18H24N8/c1-5-13-6-7-14(22-18-21-12(2)8-17(20-4)23-18)9-16(13)26-11-15(10-19-3)24-25-26/h6-9,11,19H,5,10H2,1-4H3,(H2,20,21,22,23). The first kappa shape index (κ1) is 17.8. The Morgan fingerprint density at radius 3 is 2.69 bits per heavy atom. The lowest BCUT2D eigenvalue weighted by Gasteiger charge is -2.12. The molecule has 2 aromatic heterocycles. The maximum Gasteiger partial charge on any atom is 0.229 e. The number of hydrogen-bond acceptors (Lipinski definition) is 7. The molecule has 136 valence electrons. The van der Waals surface area contributed by atoms with Gasteiger partial charge < -0.3 is 16.0 Å². The van der Waals surface area contributed by atoms with E-state index in [1.807, 2.05) is 50.1 Å². The normalized spacial score (nSPS) is 10.8. The van der Waals surface area contributed by atoms with Crippen molar-refractivity contribution in [2.45, 2.75) is 26.8 Å². The molecule has 0 radical (unpaired) electrons. The fraction of sp³-hybridized carbons (Fsp3) is 0.333. The fourth-order valence-electron chi connectivity index (χ4n) is 2.71. The average molecular weight is 352 g/mol. The Balaban J connectivity index is 1.93. The van der Waals surface area contributed by atoms with E-state index in [2.05, 4.69) is 49.2 Å². The Labute approximate surface area is 153 Å². The van der Waals surface area contributed by atoms with Gasteiger partial charge in [0.1, 0.15) is 5.82 Å². The van der Waals surface area contributed by atoms with Gasteiger partial charge in [0.25, 0.3) is 0 Å². The number of aromatic nitrogens is 5. The largest absolute Gasteiger partial charge is 0.373 e. The Hall–Kier alpha value is -3.00. The molecule has 3 rings (SSSR count). The summed E-state index contributed by atoms with van der Waals surface area (Å²) in [5.41, 5.74) is 4.88. The van der Waals surface area contributed by atoms with Gasteiger partial charge in [-0.05, 0) is 38.1 Å². The van der Waals surface area contributed by atoms with Crippen LogP contribution in [-0.2, 0) is 13.0 Å². The molecule has 0 aliphatic rings. The van der Waals surface area contributed by atoms with Crippen molar-refractivity contribution >= 4 is 17.5 Å². The smallest absolute Gasteiger partial charge is 0.229 e. The van der Waals surface area contributed by atoms with E-state index in [1.54, 1.807) is 0 Å². The van der Waals surface area contributed by atoms with Crippen molar-refractivity contribution in [2.24, 2.45) is 0 Å². The van der Waals surface area contributed by atoms with Crippen LogP contribution in [0.1, 0.15) is 23.9 Å². The van der Waals surface area contributed by atoms with E-state index >= 15 is 0 Å². The summed E-state index contributed by atoms with van der Waals surface area (Å²) in [6.45, 7) is 4.75. The number of rotatable bonds is 7. The molecular formula is C18H24N8. The molecule has 0 fully saturated rings. The van der Waals surface area contributed by atoms with E-state index in [4.69, 9.17) is 0 Å². The second-order valence-electron chi connectivity index (χ2n) is 5.97. The third-order valence-electron chi connectivity index (χ3n) is 3.98. The van der Waals surface area contributed by atoms with Gasteiger partial charge in [0.15, 0.2) is 0 Å². The summed E-state index contributed by atoms with van der Waals surface area (Å²) in [4.78, 5) is 8.89. The van der Waals surface area contributed by atoms with Crippen molar-refractivity contribution in [3.63, 3.8) is 0 Å². The molecule has 0 saturated heterocycles. The van der Waals surface area contributed by atoms with Gasteiger partial charge in [-0.3, -0.25) is 0 Å². The van der Waals surface area contributed by atoms with E-state index in [-0.39, 0.29) is 0 Å². The van der Waals surface area contributed by atoms with Gasteiger partial charge in [-0.2, -0.15) is 4.98 Å². The van der Waals surface area contributed by atoms with Gasteiger partial charge in [-0.1, -0.05) is 18.2 Å². The highest BCUT2D eigenvalue weighted by atomic mass is 15.4. The highest BCUT2D eigenvalue weighted by molar-refractivity contribution is 5.61. The monoisotopic (exact) mass is 352 g/mol. The van der Waals surface area contributed by atoms with Crippen molar-refractivity contribution in [3.8, 4) is 5.69 Å². The van der Waals surface area contributed by atoms with E-state index in [0.29, 0.717) is 12.5 Å². The maximum absolute atomic E-state index is 4.45. The lowest BCUT2D eigenvalue weighted by molar-refractivity contribution is 0.764. The van der Waals surface area contributed by atoms with Gasteiger partial charge in [-0.15, -0.1) is 5.10 Å². The molecule has 8 nitrogen and oxygen atoms in total. The van der Waals surface area contributed by atoms with Crippen LogP contribution in [0.5, 0.6) is 0 Å². The number of benzene rings is 1. The van der Waals surface area contributed by atoms with Crippen LogP contribution in [0.2, 0.25) is 0 Å². The molecule has 8 heteroatoms. The molecule has 0 aliphatic carbocycles. The molecule has 26 heavy (non-hydrogen) atoms. The van der Waals surface area contributed by atoms with Crippen LogP contribution in [0.4, 0.5) is 17.5 Å². The quantitative estimate of drug-likeness (QED) is 0.601. The summed E-state index contributed by atoms with van der Waals surface area (Å²) in [6.07, 6.45) is 2.85. The molecule has 3 aromatic rings. The zero-order valence-electron chi connectivity index (χ0n) is 15.5. The highest BCUT2D eigenvalue weighted by Crippen LogP contribution is 2.23. The van der Waals surface area contributed by atoms with Crippen LogP contribution in [0, 0.1) is 6.92 Å². The van der Waals surface area contributed by atoms with Crippen molar-refractivity contribution in [1.29, 1.82) is 0 Å². The number of nitrogens with one attached hydrogen (secondary N) is 3. The predicted molar refractivity (Wildman–Crippen MR) is 103 cm³/mol. The van der Waals surface area contributed by atoms with Crippen molar-refractivity contribution in [1.82, 2.24) is 30.3 Å². The summed E-state index contributed by atoms with van der Waals surface area (Å²) in [7, 11) is 3.73. The Kier molecular flexibility index (Phi) is 5.43. The van der Waals surface area contributed by atoms with E-state index in [1.165, 1.54) is 5.56 Å². The van der Waals surface area contributed by atoms with Gasteiger partial charge in [-0.25, -0.2) is 9.67 Å². The summed E-state index contributed by atoms with van der Waals surface area (Å²) in [5.74, 6) is 1.33. The molecule has 0 bridgehead atoms. The van der Waals surface area contributed by atoms with Crippen molar-refractivity contribution < 1.29 is 0 Å². The number of anilines is 3. The van der Waals surface area contributed by atoms with Crippen molar-refractivity contribution in [3.05, 3.63) is 47.4 Å². The van der Waals surface area contributed by atoms with Gasteiger partial charge >= 0.3 is 0 Å². The number of nitrogens with zero attached hydrogens (tertiary/aromatic N) is 5.